The van der Waals surface area contributed by atoms with Gasteiger partial charge in [0, 0.05) is 30.7 Å². The molecule has 7 heteroatoms. The van der Waals surface area contributed by atoms with Crippen LogP contribution in [0, 0.1) is 5.82 Å². The molecule has 22 heavy (non-hydrogen) atoms. The Bertz CT molecular complexity index is 899. The van der Waals surface area contributed by atoms with Crippen LogP contribution in [0.2, 0.25) is 0 Å². The van der Waals surface area contributed by atoms with E-state index in [4.69, 9.17) is 5.73 Å². The first-order valence-electron chi connectivity index (χ1n) is 6.58. The van der Waals surface area contributed by atoms with Crippen molar-refractivity contribution < 1.29 is 12.8 Å². The van der Waals surface area contributed by atoms with Crippen molar-refractivity contribution in [2.24, 2.45) is 5.73 Å². The van der Waals surface area contributed by atoms with Gasteiger partial charge in [0.15, 0.2) is 0 Å². The molecule has 3 rings (SSSR count). The van der Waals surface area contributed by atoms with Crippen molar-refractivity contribution in [2.75, 3.05) is 0 Å². The third-order valence-electron chi connectivity index (χ3n) is 3.35. The highest BCUT2D eigenvalue weighted by atomic mass is 32.2. The Hall–Kier alpha value is -2.38. The van der Waals surface area contributed by atoms with Gasteiger partial charge in [0.05, 0.1) is 5.69 Å². The predicted octanol–water partition coefficient (Wildman–Crippen LogP) is 2.32. The molecule has 0 aliphatic heterocycles. The van der Waals surface area contributed by atoms with Gasteiger partial charge in [-0.05, 0) is 29.8 Å². The van der Waals surface area contributed by atoms with E-state index in [2.05, 4.69) is 4.98 Å². The second-order valence-corrected chi connectivity index (χ2v) is 6.58. The molecule has 0 bridgehead atoms. The van der Waals surface area contributed by atoms with Crippen molar-refractivity contribution in [1.82, 2.24) is 8.96 Å². The first-order valence-corrected chi connectivity index (χ1v) is 8.02. The molecule has 0 saturated carbocycles. The van der Waals surface area contributed by atoms with E-state index >= 15 is 0 Å². The van der Waals surface area contributed by atoms with Crippen molar-refractivity contribution in [3.8, 4) is 11.3 Å². The number of nitrogens with zero attached hydrogens (tertiary/aromatic N) is 1. The van der Waals surface area contributed by atoms with Gasteiger partial charge in [0.2, 0.25) is 0 Å². The summed E-state index contributed by atoms with van der Waals surface area (Å²) in [5.74, 6) is -0.491. The summed E-state index contributed by atoms with van der Waals surface area (Å²) in [6.07, 6.45) is 4.32. The van der Waals surface area contributed by atoms with E-state index < -0.39 is 15.8 Å². The van der Waals surface area contributed by atoms with Crippen molar-refractivity contribution >= 4 is 10.0 Å². The first kappa shape index (κ1) is 14.6. The summed E-state index contributed by atoms with van der Waals surface area (Å²) in [6.45, 7) is 0.164. The summed E-state index contributed by atoms with van der Waals surface area (Å²) in [7, 11) is -3.82. The van der Waals surface area contributed by atoms with Crippen molar-refractivity contribution in [3.05, 3.63) is 66.4 Å². The zero-order chi connectivity index (χ0) is 15.7. The maximum atomic E-state index is 14.1. The van der Waals surface area contributed by atoms with Gasteiger partial charge < -0.3 is 10.7 Å². The maximum absolute atomic E-state index is 14.1. The van der Waals surface area contributed by atoms with E-state index in [0.29, 0.717) is 5.56 Å². The Kier molecular flexibility index (Phi) is 3.59. The van der Waals surface area contributed by atoms with E-state index in [1.807, 2.05) is 0 Å². The summed E-state index contributed by atoms with van der Waals surface area (Å²) in [5, 5.41) is 0. The van der Waals surface area contributed by atoms with Gasteiger partial charge in [0.25, 0.3) is 10.0 Å². The van der Waals surface area contributed by atoms with Crippen LogP contribution in [0.5, 0.6) is 0 Å². The Morgan fingerprint density at radius 2 is 2.00 bits per heavy atom. The predicted molar refractivity (Wildman–Crippen MR) is 81.1 cm³/mol. The van der Waals surface area contributed by atoms with Crippen molar-refractivity contribution in [1.29, 1.82) is 0 Å². The molecule has 3 N–H and O–H groups in total. The number of H-pyrrole nitrogens is 1. The lowest BCUT2D eigenvalue weighted by Gasteiger charge is -2.10. The Labute approximate surface area is 127 Å². The minimum Gasteiger partial charge on any atom is -0.366 e. The van der Waals surface area contributed by atoms with Crippen LogP contribution in [0.15, 0.2) is 59.9 Å². The maximum Gasteiger partial charge on any atom is 0.269 e. The summed E-state index contributed by atoms with van der Waals surface area (Å²) in [6, 6.07) is 9.06. The van der Waals surface area contributed by atoms with E-state index in [-0.39, 0.29) is 22.7 Å². The van der Waals surface area contributed by atoms with Gasteiger partial charge in [-0.2, -0.15) is 0 Å². The molecule has 3 aromatic rings. The highest BCUT2D eigenvalue weighted by molar-refractivity contribution is 7.90. The molecule has 1 aromatic carbocycles. The molecule has 2 aromatic heterocycles. The molecule has 0 saturated heterocycles. The molecule has 0 aliphatic rings. The SMILES string of the molecule is NCc1cc(-c2ccccc2F)n(S(=O)(=O)c2cc[nH]c2)c1. The summed E-state index contributed by atoms with van der Waals surface area (Å²) in [5.41, 5.74) is 6.67. The number of aromatic amines is 1. The van der Waals surface area contributed by atoms with Crippen molar-refractivity contribution in [3.63, 3.8) is 0 Å². The lowest BCUT2D eigenvalue weighted by atomic mass is 10.1. The third kappa shape index (κ3) is 2.34. The summed E-state index contributed by atoms with van der Waals surface area (Å²) < 4.78 is 40.5. The standard InChI is InChI=1S/C15H14FN3O2S/c16-14-4-2-1-3-13(14)15-7-11(8-17)10-19(15)22(20,21)12-5-6-18-9-12/h1-7,9-10,18H,8,17H2. The molecule has 0 fully saturated rings. The second kappa shape index (κ2) is 5.43. The van der Waals surface area contributed by atoms with Crippen LogP contribution in [0.1, 0.15) is 5.56 Å². The number of nitrogens with one attached hydrogen (secondary N) is 1. The molecular weight excluding hydrogens is 305 g/mol. The van der Waals surface area contributed by atoms with Crippen LogP contribution in [0.25, 0.3) is 11.3 Å². The normalized spacial score (nSPS) is 11.7. The third-order valence-corrected chi connectivity index (χ3v) is 5.02. The fraction of sp³-hybridized carbons (Fsp3) is 0.0667. The van der Waals surface area contributed by atoms with Crippen LogP contribution < -0.4 is 5.73 Å². The summed E-state index contributed by atoms with van der Waals surface area (Å²) in [4.78, 5) is 2.81. The van der Waals surface area contributed by atoms with Crippen LogP contribution in [0.4, 0.5) is 4.39 Å². The van der Waals surface area contributed by atoms with E-state index in [1.165, 1.54) is 36.8 Å². The largest absolute Gasteiger partial charge is 0.366 e. The lowest BCUT2D eigenvalue weighted by molar-refractivity contribution is 0.587. The molecule has 0 atom stereocenters. The Morgan fingerprint density at radius 1 is 1.23 bits per heavy atom. The fourth-order valence-electron chi connectivity index (χ4n) is 2.26. The highest BCUT2D eigenvalue weighted by Crippen LogP contribution is 2.28. The number of halogens is 1. The number of rotatable bonds is 4. The number of aromatic nitrogens is 2. The van der Waals surface area contributed by atoms with Gasteiger partial charge in [-0.15, -0.1) is 0 Å². The van der Waals surface area contributed by atoms with E-state index in [1.54, 1.807) is 18.2 Å². The number of nitrogens with two attached hydrogens (primary N) is 1. The minimum atomic E-state index is -3.82. The van der Waals surface area contributed by atoms with Crippen LogP contribution in [0.3, 0.4) is 0 Å². The molecule has 0 amide bonds. The average Bonchev–Trinajstić information content (AvgIpc) is 3.18. The Morgan fingerprint density at radius 3 is 2.64 bits per heavy atom. The monoisotopic (exact) mass is 319 g/mol. The number of hydrogen-bond donors (Lipinski definition) is 2. The molecule has 114 valence electrons. The van der Waals surface area contributed by atoms with Crippen molar-refractivity contribution in [2.45, 2.75) is 11.4 Å². The molecular formula is C15H14FN3O2S. The smallest absolute Gasteiger partial charge is 0.269 e. The second-order valence-electron chi connectivity index (χ2n) is 4.77. The molecule has 5 nitrogen and oxygen atoms in total. The molecule has 0 aliphatic carbocycles. The Balaban J connectivity index is 2.25. The first-order chi connectivity index (χ1) is 10.5. The number of hydrogen-bond acceptors (Lipinski definition) is 3. The van der Waals surface area contributed by atoms with E-state index in [0.717, 1.165) is 3.97 Å². The van der Waals surface area contributed by atoms with Gasteiger partial charge in [-0.25, -0.2) is 16.8 Å². The lowest BCUT2D eigenvalue weighted by Crippen LogP contribution is -2.13. The molecule has 0 spiro atoms. The fourth-order valence-corrected chi connectivity index (χ4v) is 3.62. The number of benzene rings is 1. The topological polar surface area (TPSA) is 80.9 Å². The molecule has 2 heterocycles. The van der Waals surface area contributed by atoms with Crippen LogP contribution in [-0.4, -0.2) is 17.4 Å². The average molecular weight is 319 g/mol. The zero-order valence-electron chi connectivity index (χ0n) is 11.5. The quantitative estimate of drug-likeness (QED) is 0.774. The minimum absolute atomic E-state index is 0.101. The van der Waals surface area contributed by atoms with Gasteiger partial charge in [-0.3, -0.25) is 0 Å². The van der Waals surface area contributed by atoms with Gasteiger partial charge in [0.1, 0.15) is 10.7 Å². The molecule has 0 radical (unpaired) electrons. The highest BCUT2D eigenvalue weighted by Gasteiger charge is 2.23. The van der Waals surface area contributed by atoms with Crippen LogP contribution in [-0.2, 0) is 16.6 Å². The van der Waals surface area contributed by atoms with E-state index in [9.17, 15) is 12.8 Å². The van der Waals surface area contributed by atoms with Gasteiger partial charge >= 0.3 is 0 Å². The van der Waals surface area contributed by atoms with Crippen LogP contribution >= 0.6 is 0 Å². The summed E-state index contributed by atoms with van der Waals surface area (Å²) >= 11 is 0. The molecule has 0 unspecified atom stereocenters. The van der Waals surface area contributed by atoms with Gasteiger partial charge in [-0.1, -0.05) is 12.1 Å². The zero-order valence-corrected chi connectivity index (χ0v) is 12.3.